The van der Waals surface area contributed by atoms with Crippen LogP contribution in [-0.4, -0.2) is 57.6 Å². The van der Waals surface area contributed by atoms with Crippen LogP contribution in [0.3, 0.4) is 0 Å². The van der Waals surface area contributed by atoms with Crippen LogP contribution in [-0.2, 0) is 33.3 Å². The second-order valence-electron chi connectivity index (χ2n) is 5.40. The van der Waals surface area contributed by atoms with Crippen LogP contribution in [0.4, 0.5) is 0 Å². The average molecular weight is 371 g/mol. The average Bonchev–Trinajstić information content (AvgIpc) is 2.82. The Balaban J connectivity index is 2.41. The summed E-state index contributed by atoms with van der Waals surface area (Å²) >= 11 is 0. The van der Waals surface area contributed by atoms with Gasteiger partial charge in [-0.25, -0.2) is 4.79 Å². The van der Waals surface area contributed by atoms with Crippen molar-refractivity contribution < 1.29 is 33.3 Å². The molecule has 2 rings (SSSR count). The number of ether oxygens (including phenoxy) is 4. The molecule has 142 valence electrons. The first-order valence-electron chi connectivity index (χ1n) is 7.50. The van der Waals surface area contributed by atoms with Crippen molar-refractivity contribution in [2.24, 2.45) is 0 Å². The maximum Gasteiger partial charge on any atom is 0.347 e. The molecule has 1 saturated heterocycles. The lowest BCUT2D eigenvalue weighted by molar-refractivity contribution is -0.166. The summed E-state index contributed by atoms with van der Waals surface area (Å²) in [5, 5.41) is 3.66. The monoisotopic (exact) mass is 371 g/mol. The molecular weight excluding hydrogens is 354 g/mol. The lowest BCUT2D eigenvalue weighted by Gasteiger charge is -2.23. The van der Waals surface area contributed by atoms with Crippen LogP contribution in [0, 0.1) is 0 Å². The van der Waals surface area contributed by atoms with E-state index in [2.05, 4.69) is 5.10 Å². The minimum Gasteiger partial charge on any atom is -0.463 e. The fourth-order valence-corrected chi connectivity index (χ4v) is 2.43. The van der Waals surface area contributed by atoms with E-state index >= 15 is 0 Å². The van der Waals surface area contributed by atoms with Crippen LogP contribution in [0.1, 0.15) is 27.0 Å². The Morgan fingerprint density at radius 3 is 2.27 bits per heavy atom. The maximum absolute atomic E-state index is 12.0. The van der Waals surface area contributed by atoms with E-state index < -0.39 is 53.7 Å². The van der Waals surface area contributed by atoms with Gasteiger partial charge in [0, 0.05) is 20.8 Å². The Morgan fingerprint density at radius 2 is 1.73 bits per heavy atom. The first-order chi connectivity index (χ1) is 12.2. The lowest BCUT2D eigenvalue weighted by Crippen LogP contribution is -2.43. The van der Waals surface area contributed by atoms with E-state index in [1.165, 1.54) is 6.92 Å². The van der Waals surface area contributed by atoms with Gasteiger partial charge in [-0.2, -0.15) is 9.78 Å². The van der Waals surface area contributed by atoms with Crippen molar-refractivity contribution in [3.8, 4) is 0 Å². The molecule has 0 unspecified atom stereocenters. The molecule has 0 radical (unpaired) electrons. The topological polar surface area (TPSA) is 156 Å². The number of H-pyrrole nitrogens is 1. The lowest BCUT2D eigenvalue weighted by atomic mass is 10.1. The number of aromatic amines is 1. The molecule has 26 heavy (non-hydrogen) atoms. The van der Waals surface area contributed by atoms with E-state index in [4.69, 9.17) is 18.9 Å². The summed E-state index contributed by atoms with van der Waals surface area (Å²) in [6, 6.07) is 0. The number of nitrogens with zero attached hydrogens (tertiary/aromatic N) is 2. The van der Waals surface area contributed by atoms with E-state index in [-0.39, 0.29) is 6.61 Å². The molecule has 1 aromatic rings. The van der Waals surface area contributed by atoms with Crippen LogP contribution in [0.25, 0.3) is 0 Å². The largest absolute Gasteiger partial charge is 0.463 e. The Labute approximate surface area is 146 Å². The molecule has 2 heterocycles. The summed E-state index contributed by atoms with van der Waals surface area (Å²) in [5.41, 5.74) is -1.66. The highest BCUT2D eigenvalue weighted by Gasteiger charge is 2.51. The number of carbonyl (C=O) groups is 3. The van der Waals surface area contributed by atoms with Crippen LogP contribution in [0.15, 0.2) is 15.8 Å². The summed E-state index contributed by atoms with van der Waals surface area (Å²) in [7, 11) is 0. The standard InChI is InChI=1S/C14H17N3O9/c1-6(18)23-5-9-11(24-7(2)19)12(25-8(3)20)13(26-9)17-14(22)16-10(21)4-15-17/h4,9,11-13H,5H2,1-3H3,(H,16,21,22)/t9-,11+,12+,13+/m0/s1. The quantitative estimate of drug-likeness (QED) is 0.465. The van der Waals surface area contributed by atoms with Gasteiger partial charge in [0.05, 0.1) is 0 Å². The Kier molecular flexibility index (Phi) is 5.87. The third-order valence-electron chi connectivity index (χ3n) is 3.32. The zero-order valence-electron chi connectivity index (χ0n) is 14.2. The molecule has 4 atom stereocenters. The molecule has 0 bridgehead atoms. The fourth-order valence-electron chi connectivity index (χ4n) is 2.43. The van der Waals surface area contributed by atoms with Gasteiger partial charge in [0.1, 0.15) is 18.9 Å². The third-order valence-corrected chi connectivity index (χ3v) is 3.32. The van der Waals surface area contributed by atoms with Crippen molar-refractivity contribution in [1.29, 1.82) is 0 Å². The molecule has 1 aromatic heterocycles. The van der Waals surface area contributed by atoms with Gasteiger partial charge in [0.15, 0.2) is 18.4 Å². The van der Waals surface area contributed by atoms with E-state index in [9.17, 15) is 24.0 Å². The Morgan fingerprint density at radius 1 is 1.12 bits per heavy atom. The van der Waals surface area contributed by atoms with E-state index in [1.54, 1.807) is 0 Å². The van der Waals surface area contributed by atoms with Crippen molar-refractivity contribution in [2.45, 2.75) is 45.3 Å². The number of esters is 3. The summed E-state index contributed by atoms with van der Waals surface area (Å²) in [5.74, 6) is -2.04. The number of hydrogen-bond donors (Lipinski definition) is 1. The van der Waals surface area contributed by atoms with Gasteiger partial charge >= 0.3 is 23.6 Å². The molecule has 12 nitrogen and oxygen atoms in total. The van der Waals surface area contributed by atoms with Crippen molar-refractivity contribution in [3.63, 3.8) is 0 Å². The van der Waals surface area contributed by atoms with E-state index in [0.29, 0.717) is 0 Å². The van der Waals surface area contributed by atoms with Gasteiger partial charge in [0.25, 0.3) is 5.56 Å². The van der Waals surface area contributed by atoms with Gasteiger partial charge in [-0.1, -0.05) is 0 Å². The summed E-state index contributed by atoms with van der Waals surface area (Å²) in [6.45, 7) is 3.10. The van der Waals surface area contributed by atoms with Gasteiger partial charge in [-0.3, -0.25) is 24.2 Å². The molecule has 12 heteroatoms. The Hall–Kier alpha value is -3.02. The molecule has 0 aliphatic carbocycles. The van der Waals surface area contributed by atoms with Crippen molar-refractivity contribution in [1.82, 2.24) is 14.8 Å². The maximum atomic E-state index is 12.0. The third kappa shape index (κ3) is 4.53. The summed E-state index contributed by atoms with van der Waals surface area (Å²) < 4.78 is 21.5. The highest BCUT2D eigenvalue weighted by atomic mass is 16.7. The smallest absolute Gasteiger partial charge is 0.347 e. The first-order valence-corrected chi connectivity index (χ1v) is 7.50. The zero-order chi connectivity index (χ0) is 19.4. The van der Waals surface area contributed by atoms with Crippen LogP contribution in [0.5, 0.6) is 0 Å². The number of aromatic nitrogens is 3. The predicted octanol–water partition coefficient (Wildman–Crippen LogP) is -1.74. The molecule has 0 amide bonds. The van der Waals surface area contributed by atoms with Gasteiger partial charge in [0.2, 0.25) is 0 Å². The van der Waals surface area contributed by atoms with E-state index in [0.717, 1.165) is 24.7 Å². The molecule has 0 saturated carbocycles. The second-order valence-corrected chi connectivity index (χ2v) is 5.40. The molecule has 1 aliphatic heterocycles. The predicted molar refractivity (Wildman–Crippen MR) is 80.8 cm³/mol. The minimum absolute atomic E-state index is 0.320. The summed E-state index contributed by atoms with van der Waals surface area (Å²) in [6.07, 6.45) is -3.93. The normalized spacial score (nSPS) is 24.7. The number of hydrogen-bond acceptors (Lipinski definition) is 10. The molecule has 1 fully saturated rings. The second kappa shape index (κ2) is 7.91. The number of nitrogens with one attached hydrogen (secondary N) is 1. The number of carbonyl (C=O) groups excluding carboxylic acids is 3. The first kappa shape index (κ1) is 19.3. The Bertz CT molecular complexity index is 814. The van der Waals surface area contributed by atoms with E-state index in [1.807, 2.05) is 4.98 Å². The molecular formula is C14H17N3O9. The van der Waals surface area contributed by atoms with Crippen LogP contribution in [0.2, 0.25) is 0 Å². The van der Waals surface area contributed by atoms with Crippen molar-refractivity contribution in [2.75, 3.05) is 6.61 Å². The van der Waals surface area contributed by atoms with Crippen molar-refractivity contribution in [3.05, 3.63) is 27.0 Å². The molecule has 0 aromatic carbocycles. The highest BCUT2D eigenvalue weighted by Crippen LogP contribution is 2.33. The van der Waals surface area contributed by atoms with Crippen molar-refractivity contribution >= 4 is 17.9 Å². The van der Waals surface area contributed by atoms with Gasteiger partial charge in [-0.05, 0) is 0 Å². The van der Waals surface area contributed by atoms with Crippen LogP contribution < -0.4 is 11.2 Å². The number of rotatable bonds is 5. The summed E-state index contributed by atoms with van der Waals surface area (Å²) in [4.78, 5) is 59.1. The fraction of sp³-hybridized carbons (Fsp3) is 0.571. The molecule has 1 N–H and O–H groups in total. The molecule has 0 spiro atoms. The van der Waals surface area contributed by atoms with Gasteiger partial charge < -0.3 is 18.9 Å². The van der Waals surface area contributed by atoms with Gasteiger partial charge in [-0.15, -0.1) is 0 Å². The minimum atomic E-state index is -1.31. The SMILES string of the molecule is CC(=O)OC[C@@H]1O[C@@H](n2ncc(=O)[nH]c2=O)[C@H](OC(C)=O)[C@@H]1OC(C)=O. The zero-order valence-corrected chi connectivity index (χ0v) is 14.2. The highest BCUT2D eigenvalue weighted by molar-refractivity contribution is 5.67. The molecule has 1 aliphatic rings. The van der Waals surface area contributed by atoms with Crippen LogP contribution >= 0.6 is 0 Å².